The number of carboxylic acids is 1. The van der Waals surface area contributed by atoms with Gasteiger partial charge in [-0.15, -0.1) is 17.0 Å². The molecule has 0 amide bonds. The standard InChI is InChI=1S/C7H5N3O3.BrH/c11-6-3(7(12)13)1-2-4-5(6)9-10-8-4;/h1-2,11H,(H,12,13)(H,8,9,10);1H. The molecule has 0 radical (unpaired) electrons. The molecule has 0 fully saturated rings. The molecule has 1 aromatic carbocycles. The predicted molar refractivity (Wildman–Crippen MR) is 52.8 cm³/mol. The highest BCUT2D eigenvalue weighted by atomic mass is 79.9. The van der Waals surface area contributed by atoms with Gasteiger partial charge in [0.05, 0.1) is 0 Å². The zero-order valence-corrected chi connectivity index (χ0v) is 8.47. The van der Waals surface area contributed by atoms with Crippen molar-refractivity contribution in [2.24, 2.45) is 0 Å². The number of hydrogen-bond acceptors (Lipinski definition) is 4. The lowest BCUT2D eigenvalue weighted by Crippen LogP contribution is -1.96. The Kier molecular flexibility index (Phi) is 2.70. The van der Waals surface area contributed by atoms with Gasteiger partial charge in [0, 0.05) is 0 Å². The second kappa shape index (κ2) is 3.62. The third kappa shape index (κ3) is 1.41. The molecule has 0 atom stereocenters. The van der Waals surface area contributed by atoms with Crippen molar-refractivity contribution in [3.63, 3.8) is 0 Å². The quantitative estimate of drug-likeness (QED) is 0.708. The Morgan fingerprint density at radius 1 is 1.36 bits per heavy atom. The second-order valence-electron chi connectivity index (χ2n) is 2.46. The van der Waals surface area contributed by atoms with Crippen LogP contribution in [0.15, 0.2) is 12.1 Å². The van der Waals surface area contributed by atoms with E-state index in [0.29, 0.717) is 5.52 Å². The van der Waals surface area contributed by atoms with E-state index in [9.17, 15) is 9.90 Å². The van der Waals surface area contributed by atoms with Gasteiger partial charge in [0.15, 0.2) is 11.3 Å². The van der Waals surface area contributed by atoms with E-state index in [4.69, 9.17) is 5.11 Å². The number of benzene rings is 1. The van der Waals surface area contributed by atoms with Gasteiger partial charge in [0.25, 0.3) is 0 Å². The first-order chi connectivity index (χ1) is 6.20. The summed E-state index contributed by atoms with van der Waals surface area (Å²) in [4.78, 5) is 10.6. The molecule has 0 aliphatic rings. The number of hydrogen-bond donors (Lipinski definition) is 3. The van der Waals surface area contributed by atoms with Crippen LogP contribution in [-0.2, 0) is 0 Å². The molecule has 6 nitrogen and oxygen atoms in total. The lowest BCUT2D eigenvalue weighted by molar-refractivity contribution is 0.0694. The molecule has 2 aromatic rings. The highest BCUT2D eigenvalue weighted by Gasteiger charge is 2.14. The molecular weight excluding hydrogens is 254 g/mol. The Morgan fingerprint density at radius 2 is 2.07 bits per heavy atom. The number of H-pyrrole nitrogens is 1. The molecule has 3 N–H and O–H groups in total. The molecule has 7 heteroatoms. The summed E-state index contributed by atoms with van der Waals surface area (Å²) in [5.41, 5.74) is 0.420. The fourth-order valence-corrected chi connectivity index (χ4v) is 1.07. The molecule has 0 saturated carbocycles. The van der Waals surface area contributed by atoms with Crippen molar-refractivity contribution in [2.45, 2.75) is 0 Å². The Morgan fingerprint density at radius 3 is 2.71 bits per heavy atom. The van der Waals surface area contributed by atoms with Crippen molar-refractivity contribution < 1.29 is 15.0 Å². The molecule has 0 aliphatic heterocycles. The molecular formula is C7H6BrN3O3. The topological polar surface area (TPSA) is 99.1 Å². The number of aromatic carboxylic acids is 1. The molecule has 1 aromatic heterocycles. The normalized spacial score (nSPS) is 9.71. The smallest absolute Gasteiger partial charge is 0.339 e. The number of carboxylic acid groups (broad SMARTS) is 1. The van der Waals surface area contributed by atoms with Gasteiger partial charge >= 0.3 is 5.97 Å². The number of phenols is 1. The van der Waals surface area contributed by atoms with Crippen molar-refractivity contribution in [3.8, 4) is 5.75 Å². The van der Waals surface area contributed by atoms with Crippen molar-refractivity contribution in [1.82, 2.24) is 15.4 Å². The Balaban J connectivity index is 0.000000980. The molecule has 0 bridgehead atoms. The van der Waals surface area contributed by atoms with Crippen LogP contribution in [0.2, 0.25) is 0 Å². The highest BCUT2D eigenvalue weighted by Crippen LogP contribution is 2.24. The van der Waals surface area contributed by atoms with E-state index in [1.54, 1.807) is 0 Å². The number of nitrogens with one attached hydrogen (secondary N) is 1. The molecule has 0 spiro atoms. The third-order valence-corrected chi connectivity index (χ3v) is 1.69. The Labute approximate surface area is 88.3 Å². The van der Waals surface area contributed by atoms with Crippen molar-refractivity contribution >= 4 is 34.0 Å². The summed E-state index contributed by atoms with van der Waals surface area (Å²) in [6, 6.07) is 2.75. The van der Waals surface area contributed by atoms with Crippen LogP contribution in [0.3, 0.4) is 0 Å². The van der Waals surface area contributed by atoms with E-state index >= 15 is 0 Å². The number of aromatic nitrogens is 3. The van der Waals surface area contributed by atoms with Crippen LogP contribution in [0.1, 0.15) is 10.4 Å². The van der Waals surface area contributed by atoms with Crippen LogP contribution >= 0.6 is 17.0 Å². The Bertz CT molecular complexity index is 482. The zero-order chi connectivity index (χ0) is 9.42. The lowest BCUT2D eigenvalue weighted by Gasteiger charge is -1.97. The van der Waals surface area contributed by atoms with Gasteiger partial charge < -0.3 is 10.2 Å². The lowest BCUT2D eigenvalue weighted by atomic mass is 10.2. The summed E-state index contributed by atoms with van der Waals surface area (Å²) in [7, 11) is 0. The van der Waals surface area contributed by atoms with Gasteiger partial charge in [-0.1, -0.05) is 0 Å². The molecule has 14 heavy (non-hydrogen) atoms. The van der Waals surface area contributed by atoms with Gasteiger partial charge in [-0.25, -0.2) is 4.79 Å². The summed E-state index contributed by atoms with van der Waals surface area (Å²) in [5.74, 6) is -1.55. The van der Waals surface area contributed by atoms with E-state index in [-0.39, 0.29) is 33.8 Å². The van der Waals surface area contributed by atoms with Crippen LogP contribution in [-0.4, -0.2) is 31.6 Å². The van der Waals surface area contributed by atoms with Crippen LogP contribution in [0.5, 0.6) is 5.75 Å². The summed E-state index contributed by atoms with van der Waals surface area (Å²) >= 11 is 0. The van der Waals surface area contributed by atoms with Crippen molar-refractivity contribution in [3.05, 3.63) is 17.7 Å². The minimum Gasteiger partial charge on any atom is -0.505 e. The summed E-state index contributed by atoms with van der Waals surface area (Å²) in [5, 5.41) is 27.6. The SMILES string of the molecule is Br.O=C(O)c1ccc2n[nH]nc2c1O. The van der Waals surface area contributed by atoms with E-state index in [0.717, 1.165) is 0 Å². The number of fused-ring (bicyclic) bond motifs is 1. The first-order valence-electron chi connectivity index (χ1n) is 3.46. The maximum absolute atomic E-state index is 10.6. The maximum Gasteiger partial charge on any atom is 0.339 e. The minimum atomic E-state index is -1.19. The number of aromatic amines is 1. The average molecular weight is 260 g/mol. The van der Waals surface area contributed by atoms with Crippen LogP contribution < -0.4 is 0 Å². The number of aromatic hydroxyl groups is 1. The molecule has 1 heterocycles. The fraction of sp³-hybridized carbons (Fsp3) is 0. The molecule has 0 aliphatic carbocycles. The van der Waals surface area contributed by atoms with Crippen LogP contribution in [0.25, 0.3) is 11.0 Å². The van der Waals surface area contributed by atoms with E-state index < -0.39 is 5.97 Å². The second-order valence-corrected chi connectivity index (χ2v) is 2.46. The first kappa shape index (κ1) is 10.5. The van der Waals surface area contributed by atoms with Gasteiger partial charge in [-0.3, -0.25) is 0 Å². The maximum atomic E-state index is 10.6. The Hall–Kier alpha value is -1.63. The number of carbonyl (C=O) groups is 1. The summed E-state index contributed by atoms with van der Waals surface area (Å²) in [6.07, 6.45) is 0. The third-order valence-electron chi connectivity index (χ3n) is 1.69. The van der Waals surface area contributed by atoms with Gasteiger partial charge in [0.1, 0.15) is 11.1 Å². The molecule has 0 unspecified atom stereocenters. The molecule has 0 saturated heterocycles. The number of nitrogens with zero attached hydrogens (tertiary/aromatic N) is 2. The van der Waals surface area contributed by atoms with Crippen LogP contribution in [0, 0.1) is 0 Å². The average Bonchev–Trinajstić information content (AvgIpc) is 2.52. The summed E-state index contributed by atoms with van der Waals surface area (Å²) < 4.78 is 0. The van der Waals surface area contributed by atoms with Crippen molar-refractivity contribution in [1.29, 1.82) is 0 Å². The predicted octanol–water partition coefficient (Wildman–Crippen LogP) is 0.940. The van der Waals surface area contributed by atoms with Gasteiger partial charge in [0.2, 0.25) is 0 Å². The first-order valence-corrected chi connectivity index (χ1v) is 3.46. The zero-order valence-electron chi connectivity index (χ0n) is 6.76. The fourth-order valence-electron chi connectivity index (χ4n) is 1.07. The minimum absolute atomic E-state index is 0. The number of rotatable bonds is 1. The molecule has 74 valence electrons. The summed E-state index contributed by atoms with van der Waals surface area (Å²) in [6.45, 7) is 0. The van der Waals surface area contributed by atoms with E-state index in [1.165, 1.54) is 12.1 Å². The van der Waals surface area contributed by atoms with Crippen molar-refractivity contribution in [2.75, 3.05) is 0 Å². The largest absolute Gasteiger partial charge is 0.505 e. The van der Waals surface area contributed by atoms with E-state index in [1.807, 2.05) is 0 Å². The molecule has 2 rings (SSSR count). The van der Waals surface area contributed by atoms with Gasteiger partial charge in [-0.2, -0.15) is 15.4 Å². The number of halogens is 1. The van der Waals surface area contributed by atoms with Gasteiger partial charge in [-0.05, 0) is 12.1 Å². The van der Waals surface area contributed by atoms with Crippen LogP contribution in [0.4, 0.5) is 0 Å². The highest BCUT2D eigenvalue weighted by molar-refractivity contribution is 8.93. The van der Waals surface area contributed by atoms with E-state index in [2.05, 4.69) is 15.4 Å². The monoisotopic (exact) mass is 259 g/mol.